The van der Waals surface area contributed by atoms with Gasteiger partial charge in [-0.25, -0.2) is 0 Å². The SMILES string of the molecule is CCCN(CC=Cc1ccccc1)C(=O)C(C)CC(C)=O. The van der Waals surface area contributed by atoms with Crippen molar-refractivity contribution in [1.29, 1.82) is 0 Å². The average Bonchev–Trinajstić information content (AvgIpc) is 2.46. The minimum Gasteiger partial charge on any atom is -0.339 e. The van der Waals surface area contributed by atoms with Gasteiger partial charge in [-0.05, 0) is 18.9 Å². The van der Waals surface area contributed by atoms with Crippen molar-refractivity contribution in [1.82, 2.24) is 4.90 Å². The molecule has 3 nitrogen and oxygen atoms in total. The van der Waals surface area contributed by atoms with E-state index in [2.05, 4.69) is 6.92 Å². The van der Waals surface area contributed by atoms with Gasteiger partial charge in [0.25, 0.3) is 0 Å². The number of hydrogen-bond acceptors (Lipinski definition) is 2. The third kappa shape index (κ3) is 6.39. The van der Waals surface area contributed by atoms with Crippen LogP contribution < -0.4 is 0 Å². The summed E-state index contributed by atoms with van der Waals surface area (Å²) in [7, 11) is 0. The molecule has 1 unspecified atom stereocenters. The predicted octanol–water partition coefficient (Wildman–Crippen LogP) is 3.55. The summed E-state index contributed by atoms with van der Waals surface area (Å²) in [6.45, 7) is 6.72. The summed E-state index contributed by atoms with van der Waals surface area (Å²) < 4.78 is 0. The lowest BCUT2D eigenvalue weighted by atomic mass is 10.0. The monoisotopic (exact) mass is 287 g/mol. The van der Waals surface area contributed by atoms with Gasteiger partial charge in [0.15, 0.2) is 0 Å². The molecule has 21 heavy (non-hydrogen) atoms. The van der Waals surface area contributed by atoms with Crippen LogP contribution in [-0.4, -0.2) is 29.7 Å². The Kier molecular flexibility index (Phi) is 7.44. The van der Waals surface area contributed by atoms with E-state index in [0.717, 1.165) is 18.5 Å². The maximum Gasteiger partial charge on any atom is 0.226 e. The summed E-state index contributed by atoms with van der Waals surface area (Å²) in [5.74, 6) is -0.115. The summed E-state index contributed by atoms with van der Waals surface area (Å²) in [4.78, 5) is 25.3. The van der Waals surface area contributed by atoms with E-state index < -0.39 is 0 Å². The zero-order chi connectivity index (χ0) is 15.7. The summed E-state index contributed by atoms with van der Waals surface area (Å²) in [6, 6.07) is 10.0. The number of Topliss-reactive ketones (excluding diaryl/α,β-unsaturated/α-hetero) is 1. The van der Waals surface area contributed by atoms with Gasteiger partial charge >= 0.3 is 0 Å². The lowest BCUT2D eigenvalue weighted by Gasteiger charge is -2.23. The van der Waals surface area contributed by atoms with Crippen molar-refractivity contribution in [3.05, 3.63) is 42.0 Å². The zero-order valence-electron chi connectivity index (χ0n) is 13.2. The van der Waals surface area contributed by atoms with Gasteiger partial charge < -0.3 is 9.69 Å². The van der Waals surface area contributed by atoms with Crippen LogP contribution in [-0.2, 0) is 9.59 Å². The number of hydrogen-bond donors (Lipinski definition) is 0. The molecule has 0 radical (unpaired) electrons. The molecule has 1 aromatic rings. The third-order valence-electron chi connectivity index (χ3n) is 3.26. The second kappa shape index (κ2) is 9.11. The van der Waals surface area contributed by atoms with Crippen LogP contribution >= 0.6 is 0 Å². The van der Waals surface area contributed by atoms with Gasteiger partial charge in [0.1, 0.15) is 5.78 Å². The molecule has 1 aromatic carbocycles. The van der Waals surface area contributed by atoms with Crippen LogP contribution in [0.25, 0.3) is 6.08 Å². The Morgan fingerprint density at radius 2 is 1.90 bits per heavy atom. The first-order valence-electron chi connectivity index (χ1n) is 7.54. The van der Waals surface area contributed by atoms with Gasteiger partial charge in [-0.15, -0.1) is 0 Å². The highest BCUT2D eigenvalue weighted by molar-refractivity contribution is 5.85. The molecule has 1 rings (SSSR count). The summed E-state index contributed by atoms with van der Waals surface area (Å²) >= 11 is 0. The number of benzene rings is 1. The van der Waals surface area contributed by atoms with Crippen molar-refractivity contribution >= 4 is 17.8 Å². The van der Waals surface area contributed by atoms with E-state index in [1.807, 2.05) is 54.3 Å². The number of amides is 1. The Morgan fingerprint density at radius 3 is 2.48 bits per heavy atom. The largest absolute Gasteiger partial charge is 0.339 e. The van der Waals surface area contributed by atoms with Crippen LogP contribution in [0.1, 0.15) is 39.2 Å². The van der Waals surface area contributed by atoms with E-state index in [1.54, 1.807) is 0 Å². The molecule has 0 aromatic heterocycles. The fourth-order valence-electron chi connectivity index (χ4n) is 2.27. The number of carbonyl (C=O) groups excluding carboxylic acids is 2. The van der Waals surface area contributed by atoms with Crippen LogP contribution in [0.15, 0.2) is 36.4 Å². The Labute approximate surface area is 127 Å². The molecule has 0 saturated carbocycles. The molecular weight excluding hydrogens is 262 g/mol. The summed E-state index contributed by atoms with van der Waals surface area (Å²) in [5.41, 5.74) is 1.12. The standard InChI is InChI=1S/C18H25NO2/c1-4-12-19(18(21)15(2)14-16(3)20)13-8-11-17-9-6-5-7-10-17/h5-11,15H,4,12-14H2,1-3H3. The number of nitrogens with zero attached hydrogens (tertiary/aromatic N) is 1. The van der Waals surface area contributed by atoms with Crippen molar-refractivity contribution < 1.29 is 9.59 Å². The third-order valence-corrected chi connectivity index (χ3v) is 3.26. The smallest absolute Gasteiger partial charge is 0.226 e. The van der Waals surface area contributed by atoms with Crippen LogP contribution in [0.4, 0.5) is 0 Å². The maximum absolute atomic E-state index is 12.4. The Balaban J connectivity index is 2.62. The molecule has 0 aliphatic rings. The van der Waals surface area contributed by atoms with E-state index in [4.69, 9.17) is 0 Å². The van der Waals surface area contributed by atoms with Gasteiger partial charge in [-0.1, -0.05) is 56.3 Å². The first kappa shape index (κ1) is 17.2. The van der Waals surface area contributed by atoms with Crippen LogP contribution in [0, 0.1) is 5.92 Å². The van der Waals surface area contributed by atoms with Crippen LogP contribution in [0.5, 0.6) is 0 Å². The van der Waals surface area contributed by atoms with E-state index in [9.17, 15) is 9.59 Å². The van der Waals surface area contributed by atoms with Crippen LogP contribution in [0.3, 0.4) is 0 Å². The molecule has 0 aliphatic heterocycles. The van der Waals surface area contributed by atoms with Crippen molar-refractivity contribution in [2.75, 3.05) is 13.1 Å². The second-order valence-corrected chi connectivity index (χ2v) is 5.40. The molecule has 0 N–H and O–H groups in total. The fourth-order valence-corrected chi connectivity index (χ4v) is 2.27. The number of rotatable bonds is 8. The molecule has 0 bridgehead atoms. The Hall–Kier alpha value is -1.90. The van der Waals surface area contributed by atoms with E-state index in [0.29, 0.717) is 13.0 Å². The Morgan fingerprint density at radius 1 is 1.24 bits per heavy atom. The predicted molar refractivity (Wildman–Crippen MR) is 86.8 cm³/mol. The molecule has 0 fully saturated rings. The molecule has 1 amide bonds. The highest BCUT2D eigenvalue weighted by Gasteiger charge is 2.20. The van der Waals surface area contributed by atoms with Crippen molar-refractivity contribution in [2.24, 2.45) is 5.92 Å². The number of ketones is 1. The lowest BCUT2D eigenvalue weighted by Crippen LogP contribution is -2.36. The van der Waals surface area contributed by atoms with Gasteiger partial charge in [0.05, 0.1) is 0 Å². The van der Waals surface area contributed by atoms with Crippen LogP contribution in [0.2, 0.25) is 0 Å². The lowest BCUT2D eigenvalue weighted by molar-refractivity contribution is -0.136. The van der Waals surface area contributed by atoms with Crippen molar-refractivity contribution in [3.63, 3.8) is 0 Å². The molecule has 114 valence electrons. The van der Waals surface area contributed by atoms with E-state index in [-0.39, 0.29) is 17.6 Å². The molecule has 0 saturated heterocycles. The minimum absolute atomic E-state index is 0.0600. The first-order chi connectivity index (χ1) is 10.0. The maximum atomic E-state index is 12.4. The zero-order valence-corrected chi connectivity index (χ0v) is 13.2. The van der Waals surface area contributed by atoms with Gasteiger partial charge in [0.2, 0.25) is 5.91 Å². The normalized spacial score (nSPS) is 12.3. The second-order valence-electron chi connectivity index (χ2n) is 5.40. The molecule has 0 spiro atoms. The first-order valence-corrected chi connectivity index (χ1v) is 7.54. The Bertz CT molecular complexity index is 479. The average molecular weight is 287 g/mol. The van der Waals surface area contributed by atoms with Crippen molar-refractivity contribution in [2.45, 2.75) is 33.6 Å². The molecule has 0 heterocycles. The summed E-state index contributed by atoms with van der Waals surface area (Å²) in [6.07, 6.45) is 5.26. The van der Waals surface area contributed by atoms with Gasteiger partial charge in [0, 0.05) is 25.4 Å². The molecule has 3 heteroatoms. The molecular formula is C18H25NO2. The molecule has 1 atom stereocenters. The quantitative estimate of drug-likeness (QED) is 0.733. The summed E-state index contributed by atoms with van der Waals surface area (Å²) in [5, 5.41) is 0. The van der Waals surface area contributed by atoms with Gasteiger partial charge in [-0.2, -0.15) is 0 Å². The minimum atomic E-state index is -0.237. The van der Waals surface area contributed by atoms with Gasteiger partial charge in [-0.3, -0.25) is 4.79 Å². The van der Waals surface area contributed by atoms with E-state index >= 15 is 0 Å². The molecule has 0 aliphatic carbocycles. The highest BCUT2D eigenvalue weighted by Crippen LogP contribution is 2.09. The fraction of sp³-hybridized carbons (Fsp3) is 0.444. The topological polar surface area (TPSA) is 37.4 Å². The van der Waals surface area contributed by atoms with Crippen molar-refractivity contribution in [3.8, 4) is 0 Å². The number of carbonyl (C=O) groups is 2. The highest BCUT2D eigenvalue weighted by atomic mass is 16.2. The van der Waals surface area contributed by atoms with E-state index in [1.165, 1.54) is 6.92 Å².